The number of carbonyl (C=O) groups excluding carboxylic acids is 2. The van der Waals surface area contributed by atoms with Crippen LogP contribution in [-0.2, 0) is 19.1 Å². The van der Waals surface area contributed by atoms with Crippen molar-refractivity contribution >= 4 is 23.3 Å². The molecule has 25 heavy (non-hydrogen) atoms. The lowest BCUT2D eigenvalue weighted by Gasteiger charge is -2.22. The lowest BCUT2D eigenvalue weighted by atomic mass is 10.1. The Kier molecular flexibility index (Phi) is 5.28. The molecule has 9 heteroatoms. The smallest absolute Gasteiger partial charge is 0.355 e. The summed E-state index contributed by atoms with van der Waals surface area (Å²) in [4.78, 5) is 35.6. The lowest BCUT2D eigenvalue weighted by molar-refractivity contribution is -0.386. The molecule has 0 amide bonds. The van der Waals surface area contributed by atoms with E-state index in [0.717, 1.165) is 25.2 Å². The summed E-state index contributed by atoms with van der Waals surface area (Å²) >= 11 is 0. The van der Waals surface area contributed by atoms with Crippen molar-refractivity contribution in [2.75, 3.05) is 19.1 Å². The fourth-order valence-electron chi connectivity index (χ4n) is 2.23. The third-order valence-electron chi connectivity index (χ3n) is 3.30. The van der Waals surface area contributed by atoms with E-state index >= 15 is 0 Å². The van der Waals surface area contributed by atoms with Crippen LogP contribution < -0.4 is 4.90 Å². The van der Waals surface area contributed by atoms with Crippen LogP contribution in [-0.4, -0.2) is 31.1 Å². The molecule has 2 rings (SSSR count). The number of para-hydroxylation sites is 1. The molecular weight excluding hydrogens is 335 g/mol. The summed E-state index contributed by atoms with van der Waals surface area (Å²) < 4.78 is 23.3. The number of nitro benzene ring substituents is 1. The number of rotatable bonds is 4. The minimum Gasteiger partial charge on any atom is -0.465 e. The Morgan fingerprint density at radius 2 is 1.84 bits per heavy atom. The SMILES string of the molecule is COC(=O)C1=C(C(=O)OC)N(c2cccc(F)c2[N+](=O)[O-])C=CC=C1. The van der Waals surface area contributed by atoms with E-state index in [1.807, 2.05) is 0 Å². The van der Waals surface area contributed by atoms with Crippen LogP contribution in [0.25, 0.3) is 0 Å². The summed E-state index contributed by atoms with van der Waals surface area (Å²) in [5.41, 5.74) is -1.63. The summed E-state index contributed by atoms with van der Waals surface area (Å²) in [7, 11) is 2.20. The Morgan fingerprint density at radius 3 is 2.44 bits per heavy atom. The number of esters is 2. The van der Waals surface area contributed by atoms with E-state index in [1.165, 1.54) is 36.6 Å². The maximum atomic E-state index is 14.0. The number of anilines is 1. The van der Waals surface area contributed by atoms with Gasteiger partial charge in [-0.3, -0.25) is 10.1 Å². The molecule has 1 aliphatic heterocycles. The zero-order valence-electron chi connectivity index (χ0n) is 13.3. The van der Waals surface area contributed by atoms with Gasteiger partial charge in [0.25, 0.3) is 0 Å². The summed E-state index contributed by atoms with van der Waals surface area (Å²) in [6, 6.07) is 3.41. The third kappa shape index (κ3) is 3.39. The Labute approximate surface area is 141 Å². The average Bonchev–Trinajstić information content (AvgIpc) is 2.82. The predicted molar refractivity (Wildman–Crippen MR) is 84.9 cm³/mol. The molecule has 0 aliphatic carbocycles. The molecule has 0 aromatic heterocycles. The van der Waals surface area contributed by atoms with E-state index in [1.54, 1.807) is 0 Å². The lowest BCUT2D eigenvalue weighted by Crippen LogP contribution is -2.27. The highest BCUT2D eigenvalue weighted by Crippen LogP contribution is 2.35. The minimum atomic E-state index is -1.09. The van der Waals surface area contributed by atoms with Crippen molar-refractivity contribution in [3.05, 3.63) is 69.8 Å². The highest BCUT2D eigenvalue weighted by molar-refractivity contribution is 6.05. The first-order valence-electron chi connectivity index (χ1n) is 6.90. The van der Waals surface area contributed by atoms with Crippen LogP contribution in [0.15, 0.2) is 53.9 Å². The molecule has 130 valence electrons. The number of carbonyl (C=O) groups is 2. The maximum absolute atomic E-state index is 14.0. The molecule has 0 atom stereocenters. The van der Waals surface area contributed by atoms with Crippen molar-refractivity contribution < 1.29 is 28.4 Å². The highest BCUT2D eigenvalue weighted by Gasteiger charge is 2.32. The first-order valence-corrected chi connectivity index (χ1v) is 6.90. The Hall–Kier alpha value is -3.49. The fraction of sp³-hybridized carbons (Fsp3) is 0.125. The number of halogens is 1. The number of nitro groups is 1. The van der Waals surface area contributed by atoms with Gasteiger partial charge in [0, 0.05) is 6.20 Å². The summed E-state index contributed by atoms with van der Waals surface area (Å²) in [6.45, 7) is 0. The van der Waals surface area contributed by atoms with Gasteiger partial charge in [0.05, 0.1) is 24.7 Å². The molecule has 0 fully saturated rings. The number of methoxy groups -OCH3 is 2. The van der Waals surface area contributed by atoms with Crippen LogP contribution in [0, 0.1) is 15.9 Å². The molecular formula is C16H13FN2O6. The van der Waals surface area contributed by atoms with Crippen molar-refractivity contribution in [2.24, 2.45) is 0 Å². The molecule has 1 aromatic carbocycles. The predicted octanol–water partition coefficient (Wildman–Crippen LogP) is 2.22. The summed E-state index contributed by atoms with van der Waals surface area (Å²) in [5.74, 6) is -2.89. The summed E-state index contributed by atoms with van der Waals surface area (Å²) in [5, 5.41) is 11.3. The number of ether oxygens (including phenoxy) is 2. The van der Waals surface area contributed by atoms with Gasteiger partial charge < -0.3 is 14.4 Å². The van der Waals surface area contributed by atoms with Crippen LogP contribution in [0.4, 0.5) is 15.8 Å². The number of benzene rings is 1. The fourth-order valence-corrected chi connectivity index (χ4v) is 2.23. The van der Waals surface area contributed by atoms with E-state index in [2.05, 4.69) is 9.47 Å². The molecule has 0 saturated heterocycles. The van der Waals surface area contributed by atoms with Gasteiger partial charge in [-0.15, -0.1) is 0 Å². The second kappa shape index (κ2) is 7.39. The maximum Gasteiger partial charge on any atom is 0.355 e. The number of hydrogen-bond donors (Lipinski definition) is 0. The van der Waals surface area contributed by atoms with Gasteiger partial charge >= 0.3 is 17.6 Å². The molecule has 0 N–H and O–H groups in total. The minimum absolute atomic E-state index is 0.196. The molecule has 0 unspecified atom stereocenters. The van der Waals surface area contributed by atoms with E-state index in [9.17, 15) is 24.1 Å². The zero-order valence-corrected chi connectivity index (χ0v) is 13.3. The number of nitrogens with zero attached hydrogens (tertiary/aromatic N) is 2. The second-order valence-electron chi connectivity index (χ2n) is 4.68. The second-order valence-corrected chi connectivity index (χ2v) is 4.68. The Morgan fingerprint density at radius 1 is 1.16 bits per heavy atom. The first-order chi connectivity index (χ1) is 11.9. The normalized spacial score (nSPS) is 13.5. The molecule has 0 spiro atoms. The molecule has 0 radical (unpaired) electrons. The molecule has 1 aliphatic rings. The van der Waals surface area contributed by atoms with Gasteiger partial charge in [0.2, 0.25) is 5.82 Å². The van der Waals surface area contributed by atoms with E-state index < -0.39 is 28.4 Å². The molecule has 1 aromatic rings. The number of hydrogen-bond acceptors (Lipinski definition) is 7. The Bertz CT molecular complexity index is 828. The van der Waals surface area contributed by atoms with Crippen molar-refractivity contribution in [3.8, 4) is 0 Å². The standard InChI is InChI=1S/C16H13FN2O6/c1-24-15(20)10-6-3-4-9-18(13(10)16(21)25-2)12-8-5-7-11(17)14(12)19(22)23/h3-9H,1-2H3. The number of allylic oxidation sites excluding steroid dienone is 2. The topological polar surface area (TPSA) is 99.0 Å². The highest BCUT2D eigenvalue weighted by atomic mass is 19.1. The molecule has 0 bridgehead atoms. The van der Waals surface area contributed by atoms with Gasteiger partial charge in [-0.2, -0.15) is 4.39 Å². The van der Waals surface area contributed by atoms with Crippen LogP contribution >= 0.6 is 0 Å². The largest absolute Gasteiger partial charge is 0.465 e. The average molecular weight is 348 g/mol. The van der Waals surface area contributed by atoms with E-state index in [-0.39, 0.29) is 17.0 Å². The quantitative estimate of drug-likeness (QED) is 0.467. The third-order valence-corrected chi connectivity index (χ3v) is 3.30. The zero-order chi connectivity index (χ0) is 18.6. The molecule has 1 heterocycles. The van der Waals surface area contributed by atoms with Gasteiger partial charge in [-0.1, -0.05) is 12.1 Å². The van der Waals surface area contributed by atoms with Crippen LogP contribution in [0.3, 0.4) is 0 Å². The van der Waals surface area contributed by atoms with Crippen molar-refractivity contribution in [3.63, 3.8) is 0 Å². The summed E-state index contributed by atoms with van der Waals surface area (Å²) in [6.07, 6.45) is 5.42. The monoisotopic (exact) mass is 348 g/mol. The van der Waals surface area contributed by atoms with Crippen LogP contribution in [0.5, 0.6) is 0 Å². The van der Waals surface area contributed by atoms with E-state index in [4.69, 9.17) is 0 Å². The van der Waals surface area contributed by atoms with Gasteiger partial charge in [-0.25, -0.2) is 9.59 Å². The van der Waals surface area contributed by atoms with Crippen molar-refractivity contribution in [1.82, 2.24) is 0 Å². The van der Waals surface area contributed by atoms with Gasteiger partial charge in [0.1, 0.15) is 11.4 Å². The van der Waals surface area contributed by atoms with Crippen molar-refractivity contribution in [2.45, 2.75) is 0 Å². The Balaban J connectivity index is 2.79. The molecule has 8 nitrogen and oxygen atoms in total. The van der Waals surface area contributed by atoms with Gasteiger partial charge in [-0.05, 0) is 24.3 Å². The van der Waals surface area contributed by atoms with Gasteiger partial charge in [0.15, 0.2) is 0 Å². The first kappa shape index (κ1) is 17.9. The van der Waals surface area contributed by atoms with Crippen LogP contribution in [0.1, 0.15) is 0 Å². The molecule has 0 saturated carbocycles. The van der Waals surface area contributed by atoms with Crippen LogP contribution in [0.2, 0.25) is 0 Å². The van der Waals surface area contributed by atoms with Crippen molar-refractivity contribution in [1.29, 1.82) is 0 Å². The van der Waals surface area contributed by atoms with E-state index in [0.29, 0.717) is 0 Å².